The predicted octanol–water partition coefficient (Wildman–Crippen LogP) is 3.15. The predicted molar refractivity (Wildman–Crippen MR) is 99.6 cm³/mol. The molecule has 0 fully saturated rings. The van der Waals surface area contributed by atoms with E-state index in [4.69, 9.17) is 0 Å². The standard InChI is InChI=1S/C20H18FN5O/c1-24-11-5-8-17(24)19-23-22-18-10-9-15(13-26(18)19)20(27)25(2)12-14-6-3-4-7-16(14)21/h3-11,13H,12H2,1-2H3. The van der Waals surface area contributed by atoms with Crippen LogP contribution in [0.1, 0.15) is 15.9 Å². The number of fused-ring (bicyclic) bond motifs is 1. The molecular formula is C20H18FN5O. The summed E-state index contributed by atoms with van der Waals surface area (Å²) in [5.74, 6) is 0.132. The molecule has 0 aliphatic heterocycles. The lowest BCUT2D eigenvalue weighted by molar-refractivity contribution is 0.0783. The smallest absolute Gasteiger partial charge is 0.255 e. The first-order chi connectivity index (χ1) is 13.0. The molecule has 7 heteroatoms. The van der Waals surface area contributed by atoms with Gasteiger partial charge in [-0.25, -0.2) is 4.39 Å². The van der Waals surface area contributed by atoms with E-state index < -0.39 is 0 Å². The minimum Gasteiger partial charge on any atom is -0.348 e. The molecule has 4 rings (SSSR count). The molecule has 1 aromatic carbocycles. The van der Waals surface area contributed by atoms with Gasteiger partial charge in [0.25, 0.3) is 5.91 Å². The third-order valence-corrected chi connectivity index (χ3v) is 4.53. The van der Waals surface area contributed by atoms with Crippen molar-refractivity contribution in [2.75, 3.05) is 7.05 Å². The van der Waals surface area contributed by atoms with Crippen LogP contribution >= 0.6 is 0 Å². The van der Waals surface area contributed by atoms with Crippen LogP contribution in [0, 0.1) is 5.82 Å². The van der Waals surface area contributed by atoms with Gasteiger partial charge in [-0.3, -0.25) is 9.20 Å². The van der Waals surface area contributed by atoms with Crippen LogP contribution in [0.3, 0.4) is 0 Å². The van der Waals surface area contributed by atoms with Crippen LogP contribution in [0.25, 0.3) is 17.2 Å². The Morgan fingerprint density at radius 2 is 1.93 bits per heavy atom. The third-order valence-electron chi connectivity index (χ3n) is 4.53. The Balaban J connectivity index is 1.66. The molecule has 0 spiro atoms. The van der Waals surface area contributed by atoms with Gasteiger partial charge in [-0.05, 0) is 30.3 Å². The second-order valence-corrected chi connectivity index (χ2v) is 6.43. The normalized spacial score (nSPS) is 11.1. The SMILES string of the molecule is CN(Cc1ccccc1F)C(=O)c1ccc2nnc(-c3cccn3C)n2c1. The van der Waals surface area contributed by atoms with Crippen molar-refractivity contribution in [2.45, 2.75) is 6.54 Å². The lowest BCUT2D eigenvalue weighted by Crippen LogP contribution is -2.26. The van der Waals surface area contributed by atoms with Crippen molar-refractivity contribution < 1.29 is 9.18 Å². The van der Waals surface area contributed by atoms with Gasteiger partial charge >= 0.3 is 0 Å². The van der Waals surface area contributed by atoms with E-state index >= 15 is 0 Å². The van der Waals surface area contributed by atoms with Gasteiger partial charge in [-0.15, -0.1) is 10.2 Å². The number of carbonyl (C=O) groups is 1. The summed E-state index contributed by atoms with van der Waals surface area (Å²) in [4.78, 5) is 14.3. The first kappa shape index (κ1) is 17.0. The van der Waals surface area contributed by atoms with Crippen molar-refractivity contribution in [2.24, 2.45) is 7.05 Å². The number of halogens is 1. The molecule has 0 N–H and O–H groups in total. The number of hydrogen-bond donors (Lipinski definition) is 0. The van der Waals surface area contributed by atoms with Gasteiger partial charge in [0.1, 0.15) is 5.82 Å². The second kappa shape index (κ2) is 6.68. The number of amides is 1. The molecule has 136 valence electrons. The molecule has 0 radical (unpaired) electrons. The zero-order chi connectivity index (χ0) is 19.0. The van der Waals surface area contributed by atoms with E-state index in [9.17, 15) is 9.18 Å². The molecule has 3 aromatic heterocycles. The highest BCUT2D eigenvalue weighted by Crippen LogP contribution is 2.20. The molecule has 0 aliphatic carbocycles. The Bertz CT molecular complexity index is 1130. The molecule has 0 bridgehead atoms. The number of carbonyl (C=O) groups excluding carboxylic acids is 1. The Kier molecular flexibility index (Phi) is 4.19. The Hall–Kier alpha value is -3.48. The Labute approximate surface area is 155 Å². The first-order valence-electron chi connectivity index (χ1n) is 8.50. The highest BCUT2D eigenvalue weighted by Gasteiger charge is 2.17. The van der Waals surface area contributed by atoms with E-state index in [-0.39, 0.29) is 18.3 Å². The molecule has 0 unspecified atom stereocenters. The van der Waals surface area contributed by atoms with E-state index in [1.54, 1.807) is 48.0 Å². The minimum absolute atomic E-state index is 0.191. The van der Waals surface area contributed by atoms with Gasteiger partial charge in [-0.1, -0.05) is 18.2 Å². The highest BCUT2D eigenvalue weighted by molar-refractivity contribution is 5.94. The summed E-state index contributed by atoms with van der Waals surface area (Å²) in [6.07, 6.45) is 3.64. The van der Waals surface area contributed by atoms with Crippen LogP contribution < -0.4 is 0 Å². The maximum absolute atomic E-state index is 13.9. The zero-order valence-corrected chi connectivity index (χ0v) is 15.0. The maximum Gasteiger partial charge on any atom is 0.255 e. The van der Waals surface area contributed by atoms with Crippen molar-refractivity contribution in [3.8, 4) is 11.5 Å². The van der Waals surface area contributed by atoms with Crippen LogP contribution in [0.4, 0.5) is 4.39 Å². The van der Waals surface area contributed by atoms with Crippen molar-refractivity contribution >= 4 is 11.6 Å². The van der Waals surface area contributed by atoms with E-state index in [2.05, 4.69) is 10.2 Å². The Morgan fingerprint density at radius 3 is 2.67 bits per heavy atom. The van der Waals surface area contributed by atoms with Gasteiger partial charge in [0.05, 0.1) is 11.3 Å². The van der Waals surface area contributed by atoms with E-state index in [1.165, 1.54) is 11.0 Å². The third kappa shape index (κ3) is 3.08. The number of benzene rings is 1. The zero-order valence-electron chi connectivity index (χ0n) is 15.0. The molecule has 0 atom stereocenters. The quantitative estimate of drug-likeness (QED) is 0.560. The molecule has 0 aliphatic rings. The first-order valence-corrected chi connectivity index (χ1v) is 8.50. The van der Waals surface area contributed by atoms with Crippen molar-refractivity contribution in [3.63, 3.8) is 0 Å². The number of pyridine rings is 1. The van der Waals surface area contributed by atoms with Crippen LogP contribution in [0.5, 0.6) is 0 Å². The minimum atomic E-state index is -0.322. The number of rotatable bonds is 4. The molecule has 3 heterocycles. The molecule has 0 saturated carbocycles. The number of aryl methyl sites for hydroxylation is 1. The molecule has 0 saturated heterocycles. The second-order valence-electron chi connectivity index (χ2n) is 6.43. The average molecular weight is 363 g/mol. The van der Waals surface area contributed by atoms with Crippen molar-refractivity contribution in [1.82, 2.24) is 24.1 Å². The van der Waals surface area contributed by atoms with Gasteiger partial charge < -0.3 is 9.47 Å². The summed E-state index contributed by atoms with van der Waals surface area (Å²) in [7, 11) is 3.58. The topological polar surface area (TPSA) is 55.4 Å². The van der Waals surface area contributed by atoms with E-state index in [0.717, 1.165) is 5.69 Å². The van der Waals surface area contributed by atoms with Crippen LogP contribution in [0.15, 0.2) is 60.9 Å². The van der Waals surface area contributed by atoms with Gasteiger partial charge in [0, 0.05) is 38.6 Å². The Morgan fingerprint density at radius 1 is 1.11 bits per heavy atom. The van der Waals surface area contributed by atoms with Crippen molar-refractivity contribution in [1.29, 1.82) is 0 Å². The van der Waals surface area contributed by atoms with Gasteiger partial charge in [0.15, 0.2) is 11.5 Å². The van der Waals surface area contributed by atoms with Crippen LogP contribution in [-0.4, -0.2) is 37.0 Å². The molecule has 1 amide bonds. The molecule has 4 aromatic rings. The number of aromatic nitrogens is 4. The average Bonchev–Trinajstić information content (AvgIpc) is 3.28. The fraction of sp³-hybridized carbons (Fsp3) is 0.150. The molecule has 6 nitrogen and oxygen atoms in total. The lowest BCUT2D eigenvalue weighted by Gasteiger charge is -2.18. The summed E-state index contributed by atoms with van der Waals surface area (Å²) in [5.41, 5.74) is 2.51. The summed E-state index contributed by atoms with van der Waals surface area (Å²) < 4.78 is 17.6. The van der Waals surface area contributed by atoms with E-state index in [0.29, 0.717) is 22.6 Å². The summed E-state index contributed by atoms with van der Waals surface area (Å²) in [5, 5.41) is 8.41. The number of hydrogen-bond acceptors (Lipinski definition) is 3. The molecular weight excluding hydrogens is 345 g/mol. The fourth-order valence-corrected chi connectivity index (χ4v) is 3.06. The largest absolute Gasteiger partial charge is 0.348 e. The lowest BCUT2D eigenvalue weighted by atomic mass is 10.2. The van der Waals surface area contributed by atoms with Gasteiger partial charge in [0.2, 0.25) is 0 Å². The van der Waals surface area contributed by atoms with Crippen LogP contribution in [-0.2, 0) is 13.6 Å². The highest BCUT2D eigenvalue weighted by atomic mass is 19.1. The van der Waals surface area contributed by atoms with Gasteiger partial charge in [-0.2, -0.15) is 0 Å². The summed E-state index contributed by atoms with van der Waals surface area (Å²) in [6, 6.07) is 13.8. The summed E-state index contributed by atoms with van der Waals surface area (Å²) >= 11 is 0. The summed E-state index contributed by atoms with van der Waals surface area (Å²) in [6.45, 7) is 0.191. The number of nitrogens with zero attached hydrogens (tertiary/aromatic N) is 5. The van der Waals surface area contributed by atoms with E-state index in [1.807, 2.05) is 29.9 Å². The monoisotopic (exact) mass is 363 g/mol. The van der Waals surface area contributed by atoms with Crippen molar-refractivity contribution in [3.05, 3.63) is 77.9 Å². The fourth-order valence-electron chi connectivity index (χ4n) is 3.06. The molecule has 27 heavy (non-hydrogen) atoms. The maximum atomic E-state index is 13.9. The van der Waals surface area contributed by atoms with Crippen LogP contribution in [0.2, 0.25) is 0 Å².